The van der Waals surface area contributed by atoms with E-state index in [0.29, 0.717) is 12.1 Å². The maximum Gasteiger partial charge on any atom is 0.125 e. The number of benzene rings is 1. The monoisotopic (exact) mass is 210 g/mol. The van der Waals surface area contributed by atoms with Crippen LogP contribution in [0.1, 0.15) is 31.1 Å². The number of halogens is 1. The molecule has 0 aliphatic heterocycles. The molecular formula is C12H17FNO. The highest BCUT2D eigenvalue weighted by Crippen LogP contribution is 2.25. The SMILES string of the molecule is [CH2]C(F)c1ccc(OC(C)C)c(CN)c1. The lowest BCUT2D eigenvalue weighted by Gasteiger charge is -2.14. The lowest BCUT2D eigenvalue weighted by Crippen LogP contribution is -2.09. The molecule has 1 unspecified atom stereocenters. The summed E-state index contributed by atoms with van der Waals surface area (Å²) in [5.41, 5.74) is 6.92. The maximum atomic E-state index is 13.0. The van der Waals surface area contributed by atoms with Gasteiger partial charge in [-0.15, -0.1) is 0 Å². The largest absolute Gasteiger partial charge is 0.491 e. The van der Waals surface area contributed by atoms with Crippen LogP contribution < -0.4 is 10.5 Å². The fourth-order valence-corrected chi connectivity index (χ4v) is 1.32. The zero-order valence-electron chi connectivity index (χ0n) is 9.16. The molecule has 0 aliphatic rings. The van der Waals surface area contributed by atoms with Crippen molar-refractivity contribution >= 4 is 0 Å². The minimum Gasteiger partial charge on any atom is -0.491 e. The van der Waals surface area contributed by atoms with Gasteiger partial charge in [0.25, 0.3) is 0 Å². The quantitative estimate of drug-likeness (QED) is 0.829. The molecule has 0 aliphatic carbocycles. The van der Waals surface area contributed by atoms with E-state index in [9.17, 15) is 4.39 Å². The molecule has 0 aromatic heterocycles. The van der Waals surface area contributed by atoms with Crippen molar-refractivity contribution in [3.05, 3.63) is 36.2 Å². The molecule has 15 heavy (non-hydrogen) atoms. The van der Waals surface area contributed by atoms with E-state index in [1.165, 1.54) is 0 Å². The van der Waals surface area contributed by atoms with Gasteiger partial charge < -0.3 is 10.5 Å². The molecule has 0 heterocycles. The average Bonchev–Trinajstić information content (AvgIpc) is 2.17. The Morgan fingerprint density at radius 2 is 2.13 bits per heavy atom. The van der Waals surface area contributed by atoms with E-state index >= 15 is 0 Å². The first-order valence-electron chi connectivity index (χ1n) is 5.01. The Hall–Kier alpha value is -1.09. The summed E-state index contributed by atoms with van der Waals surface area (Å²) in [4.78, 5) is 0. The fraction of sp³-hybridized carbons (Fsp3) is 0.417. The van der Waals surface area contributed by atoms with Crippen LogP contribution in [0.5, 0.6) is 5.75 Å². The van der Waals surface area contributed by atoms with Gasteiger partial charge in [-0.1, -0.05) is 6.07 Å². The Morgan fingerprint density at radius 1 is 1.47 bits per heavy atom. The van der Waals surface area contributed by atoms with Gasteiger partial charge in [-0.25, -0.2) is 4.39 Å². The second-order valence-corrected chi connectivity index (χ2v) is 3.71. The highest BCUT2D eigenvalue weighted by molar-refractivity contribution is 5.38. The van der Waals surface area contributed by atoms with Gasteiger partial charge in [-0.05, 0) is 38.5 Å². The molecule has 1 aromatic carbocycles. The molecular weight excluding hydrogens is 193 g/mol. The summed E-state index contributed by atoms with van der Waals surface area (Å²) in [5, 5.41) is 0. The topological polar surface area (TPSA) is 35.2 Å². The highest BCUT2D eigenvalue weighted by atomic mass is 19.1. The van der Waals surface area contributed by atoms with Crippen LogP contribution in [0.3, 0.4) is 0 Å². The molecule has 1 aromatic rings. The van der Waals surface area contributed by atoms with E-state index < -0.39 is 6.17 Å². The van der Waals surface area contributed by atoms with Crippen LogP contribution in [-0.2, 0) is 6.54 Å². The number of alkyl halides is 1. The van der Waals surface area contributed by atoms with E-state index in [0.717, 1.165) is 11.3 Å². The number of nitrogens with two attached hydrogens (primary N) is 1. The van der Waals surface area contributed by atoms with E-state index in [4.69, 9.17) is 10.5 Å². The van der Waals surface area contributed by atoms with Crippen LogP contribution in [0.4, 0.5) is 4.39 Å². The van der Waals surface area contributed by atoms with Gasteiger partial charge in [0.2, 0.25) is 0 Å². The van der Waals surface area contributed by atoms with E-state index in [2.05, 4.69) is 6.92 Å². The second kappa shape index (κ2) is 5.12. The third kappa shape index (κ3) is 3.20. The van der Waals surface area contributed by atoms with Crippen molar-refractivity contribution in [1.82, 2.24) is 0 Å². The first-order valence-corrected chi connectivity index (χ1v) is 5.01. The standard InChI is InChI=1S/C12H17FNO/c1-8(2)15-12-5-4-10(9(3)13)6-11(12)7-14/h4-6,8-9H,3,7,14H2,1-2H3. The van der Waals surface area contributed by atoms with Crippen molar-refractivity contribution < 1.29 is 9.13 Å². The van der Waals surface area contributed by atoms with Crippen molar-refractivity contribution in [2.45, 2.75) is 32.7 Å². The maximum absolute atomic E-state index is 13.0. The summed E-state index contributed by atoms with van der Waals surface area (Å²) in [6, 6.07) is 5.12. The van der Waals surface area contributed by atoms with E-state index in [1.54, 1.807) is 18.2 Å². The minimum atomic E-state index is -1.22. The van der Waals surface area contributed by atoms with Gasteiger partial charge >= 0.3 is 0 Å². The molecule has 1 atom stereocenters. The second-order valence-electron chi connectivity index (χ2n) is 3.71. The molecule has 1 rings (SSSR count). The van der Waals surface area contributed by atoms with E-state index in [-0.39, 0.29) is 6.10 Å². The normalized spacial score (nSPS) is 12.9. The lowest BCUT2D eigenvalue weighted by molar-refractivity contribution is 0.240. The number of hydrogen-bond acceptors (Lipinski definition) is 2. The van der Waals surface area contributed by atoms with Crippen LogP contribution in [0.25, 0.3) is 0 Å². The Bertz CT molecular complexity index is 323. The molecule has 0 amide bonds. The zero-order valence-corrected chi connectivity index (χ0v) is 9.16. The van der Waals surface area contributed by atoms with Gasteiger partial charge in [0, 0.05) is 12.1 Å². The van der Waals surface area contributed by atoms with Crippen molar-refractivity contribution in [1.29, 1.82) is 0 Å². The summed E-state index contributed by atoms with van der Waals surface area (Å²) in [5.74, 6) is 0.719. The molecule has 3 heteroatoms. The summed E-state index contributed by atoms with van der Waals surface area (Å²) in [7, 11) is 0. The molecule has 0 fully saturated rings. The van der Waals surface area contributed by atoms with Gasteiger partial charge in [0.05, 0.1) is 6.10 Å². The first-order chi connectivity index (χ1) is 7.04. The van der Waals surface area contributed by atoms with Crippen molar-refractivity contribution in [2.24, 2.45) is 5.73 Å². The lowest BCUT2D eigenvalue weighted by atomic mass is 10.1. The highest BCUT2D eigenvalue weighted by Gasteiger charge is 2.09. The van der Waals surface area contributed by atoms with Crippen molar-refractivity contribution in [3.63, 3.8) is 0 Å². The first kappa shape index (κ1) is 12.0. The number of hydrogen-bond donors (Lipinski definition) is 1. The smallest absolute Gasteiger partial charge is 0.125 e. The van der Waals surface area contributed by atoms with Crippen molar-refractivity contribution in [2.75, 3.05) is 0 Å². The molecule has 0 saturated carbocycles. The minimum absolute atomic E-state index is 0.0853. The van der Waals surface area contributed by atoms with Gasteiger partial charge in [-0.3, -0.25) is 0 Å². The molecule has 1 radical (unpaired) electrons. The number of rotatable bonds is 4. The Morgan fingerprint density at radius 3 is 2.60 bits per heavy atom. The van der Waals surface area contributed by atoms with Crippen LogP contribution in [0.15, 0.2) is 18.2 Å². The predicted octanol–water partition coefficient (Wildman–Crippen LogP) is 2.78. The summed E-state index contributed by atoms with van der Waals surface area (Å²) < 4.78 is 18.5. The van der Waals surface area contributed by atoms with E-state index in [1.807, 2.05) is 13.8 Å². The average molecular weight is 210 g/mol. The Labute approximate surface area is 90.2 Å². The molecule has 2 nitrogen and oxygen atoms in total. The van der Waals surface area contributed by atoms with Crippen LogP contribution >= 0.6 is 0 Å². The Kier molecular flexibility index (Phi) is 4.09. The predicted molar refractivity (Wildman–Crippen MR) is 59.3 cm³/mol. The molecule has 83 valence electrons. The zero-order chi connectivity index (χ0) is 11.4. The van der Waals surface area contributed by atoms with Crippen LogP contribution in [-0.4, -0.2) is 6.10 Å². The van der Waals surface area contributed by atoms with Gasteiger partial charge in [-0.2, -0.15) is 0 Å². The third-order valence-electron chi connectivity index (χ3n) is 2.03. The number of ether oxygens (including phenoxy) is 1. The summed E-state index contributed by atoms with van der Waals surface area (Å²) in [6.07, 6.45) is -1.13. The van der Waals surface area contributed by atoms with Crippen LogP contribution in [0.2, 0.25) is 0 Å². The van der Waals surface area contributed by atoms with Crippen LogP contribution in [0, 0.1) is 6.92 Å². The molecule has 0 bridgehead atoms. The van der Waals surface area contributed by atoms with Gasteiger partial charge in [0.15, 0.2) is 0 Å². The molecule has 0 spiro atoms. The van der Waals surface area contributed by atoms with Gasteiger partial charge in [0.1, 0.15) is 11.9 Å². The Balaban J connectivity index is 2.98. The third-order valence-corrected chi connectivity index (χ3v) is 2.03. The fourth-order valence-electron chi connectivity index (χ4n) is 1.32. The summed E-state index contributed by atoms with van der Waals surface area (Å²) in [6.45, 7) is 7.54. The van der Waals surface area contributed by atoms with Crippen molar-refractivity contribution in [3.8, 4) is 5.75 Å². The molecule has 2 N–H and O–H groups in total. The molecule has 0 saturated heterocycles. The summed E-state index contributed by atoms with van der Waals surface area (Å²) >= 11 is 0.